The van der Waals surface area contributed by atoms with E-state index >= 15 is 0 Å². The molecule has 1 aromatic carbocycles. The van der Waals surface area contributed by atoms with Crippen LogP contribution in [0.1, 0.15) is 20.3 Å². The molecule has 0 unspecified atom stereocenters. The molecule has 2 heterocycles. The van der Waals surface area contributed by atoms with Crippen LogP contribution >= 0.6 is 11.6 Å². The normalized spacial score (nSPS) is 15.4. The molecule has 0 radical (unpaired) electrons. The van der Waals surface area contributed by atoms with E-state index in [1.54, 1.807) is 56.6 Å². The Bertz CT molecular complexity index is 995. The summed E-state index contributed by atoms with van der Waals surface area (Å²) in [5.74, 6) is 0.780. The van der Waals surface area contributed by atoms with Crippen LogP contribution in [-0.2, 0) is 14.8 Å². The molecule has 1 fully saturated rings. The molecule has 1 aliphatic rings. The summed E-state index contributed by atoms with van der Waals surface area (Å²) in [5, 5.41) is 3.34. The van der Waals surface area contributed by atoms with E-state index < -0.39 is 15.6 Å². The summed E-state index contributed by atoms with van der Waals surface area (Å²) < 4.78 is 32.6. The fraction of sp³-hybridized carbons (Fsp3) is 0.476. The summed E-state index contributed by atoms with van der Waals surface area (Å²) in [7, 11) is -3.40. The lowest BCUT2D eigenvalue weighted by Gasteiger charge is -2.33. The second kappa shape index (κ2) is 10.5. The van der Waals surface area contributed by atoms with Gasteiger partial charge in [0, 0.05) is 50.1 Å². The first kappa shape index (κ1) is 24.2. The van der Waals surface area contributed by atoms with Gasteiger partial charge in [-0.25, -0.2) is 18.4 Å². The van der Waals surface area contributed by atoms with Crippen LogP contribution in [-0.4, -0.2) is 72.7 Å². The summed E-state index contributed by atoms with van der Waals surface area (Å²) in [6.45, 7) is 5.40. The number of nitrogens with one attached hydrogen (secondary N) is 1. The molecule has 1 aromatic heterocycles. The molecule has 1 N–H and O–H groups in total. The molecule has 0 saturated carbocycles. The number of aromatic nitrogens is 2. The molecule has 1 saturated heterocycles. The number of nitrogens with zero attached hydrogens (tertiary/aromatic N) is 4. The lowest BCUT2D eigenvalue weighted by atomic mass is 10.1. The monoisotopic (exact) mass is 481 g/mol. The Morgan fingerprint density at radius 1 is 1.12 bits per heavy atom. The summed E-state index contributed by atoms with van der Waals surface area (Å²) >= 11 is 5.86. The van der Waals surface area contributed by atoms with Gasteiger partial charge in [0.2, 0.25) is 16.0 Å². The van der Waals surface area contributed by atoms with Gasteiger partial charge in [-0.2, -0.15) is 4.31 Å². The van der Waals surface area contributed by atoms with Gasteiger partial charge in [-0.1, -0.05) is 11.6 Å². The first-order valence-electron chi connectivity index (χ1n) is 10.4. The van der Waals surface area contributed by atoms with E-state index in [4.69, 9.17) is 16.3 Å². The lowest BCUT2D eigenvalue weighted by molar-refractivity contribution is -0.134. The van der Waals surface area contributed by atoms with E-state index in [1.807, 2.05) is 4.90 Å². The van der Waals surface area contributed by atoms with Gasteiger partial charge < -0.3 is 15.0 Å². The summed E-state index contributed by atoms with van der Waals surface area (Å²) in [6.07, 6.45) is 3.65. The maximum Gasteiger partial charge on any atom is 0.263 e. The molecule has 1 aliphatic heterocycles. The third-order valence-corrected chi connectivity index (χ3v) is 7.27. The molecule has 9 nitrogen and oxygen atoms in total. The Morgan fingerprint density at radius 2 is 1.75 bits per heavy atom. The van der Waals surface area contributed by atoms with Crippen LogP contribution in [0, 0.1) is 0 Å². The topological polar surface area (TPSA) is 105 Å². The molecule has 0 bridgehead atoms. The molecule has 32 heavy (non-hydrogen) atoms. The minimum absolute atomic E-state index is 0.0341. The van der Waals surface area contributed by atoms with E-state index in [-0.39, 0.29) is 18.2 Å². The van der Waals surface area contributed by atoms with Gasteiger partial charge in [-0.15, -0.1) is 0 Å². The second-order valence-corrected chi connectivity index (χ2v) is 10.5. The highest BCUT2D eigenvalue weighted by Gasteiger charge is 2.30. The van der Waals surface area contributed by atoms with Crippen LogP contribution in [0.4, 0.5) is 5.95 Å². The van der Waals surface area contributed by atoms with Crippen LogP contribution in [0.15, 0.2) is 42.7 Å². The van der Waals surface area contributed by atoms with Crippen LogP contribution in [0.25, 0.3) is 0 Å². The van der Waals surface area contributed by atoms with Crippen molar-refractivity contribution in [2.45, 2.75) is 25.9 Å². The first-order valence-corrected chi connectivity index (χ1v) is 12.4. The van der Waals surface area contributed by atoms with Gasteiger partial charge in [0.15, 0.2) is 5.60 Å². The van der Waals surface area contributed by atoms with Gasteiger partial charge in [0.05, 0.1) is 5.75 Å². The highest BCUT2D eigenvalue weighted by atomic mass is 35.5. The average Bonchev–Trinajstić information content (AvgIpc) is 2.78. The number of halogens is 1. The SMILES string of the molecule is CC(C)(Oc1ccc(Cl)cc1)C(=O)NCCCS(=O)(=O)N1CCN(c2ncccn2)CC1. The third-order valence-electron chi connectivity index (χ3n) is 5.07. The lowest BCUT2D eigenvalue weighted by Crippen LogP contribution is -2.50. The standard InChI is InChI=1S/C21H28ClN5O4S/c1-21(2,31-18-7-5-17(22)6-8-18)19(28)23-11-4-16-32(29,30)27-14-12-26(13-15-27)20-24-9-3-10-25-20/h3,5-10H,4,11-16H2,1-2H3,(H,23,28). The number of hydrogen-bond acceptors (Lipinski definition) is 7. The van der Waals surface area contributed by atoms with Gasteiger partial charge in [0.1, 0.15) is 5.75 Å². The number of rotatable bonds is 9. The minimum Gasteiger partial charge on any atom is -0.478 e. The number of ether oxygens (including phenoxy) is 1. The van der Waals surface area contributed by atoms with Crippen molar-refractivity contribution in [3.05, 3.63) is 47.7 Å². The van der Waals surface area contributed by atoms with E-state index in [0.29, 0.717) is 49.3 Å². The quantitative estimate of drug-likeness (QED) is 0.546. The number of sulfonamides is 1. The van der Waals surface area contributed by atoms with E-state index in [2.05, 4.69) is 15.3 Å². The molecule has 0 aliphatic carbocycles. The smallest absolute Gasteiger partial charge is 0.263 e. The zero-order chi connectivity index (χ0) is 23.2. The zero-order valence-electron chi connectivity index (χ0n) is 18.2. The Labute approximate surface area is 193 Å². The van der Waals surface area contributed by atoms with Crippen molar-refractivity contribution in [2.75, 3.05) is 43.4 Å². The number of hydrogen-bond donors (Lipinski definition) is 1. The van der Waals surface area contributed by atoms with Crippen molar-refractivity contribution in [3.8, 4) is 5.75 Å². The minimum atomic E-state index is -3.40. The second-order valence-electron chi connectivity index (χ2n) is 7.93. The Morgan fingerprint density at radius 3 is 2.38 bits per heavy atom. The van der Waals surface area contributed by atoms with Crippen LogP contribution < -0.4 is 15.0 Å². The highest BCUT2D eigenvalue weighted by molar-refractivity contribution is 7.89. The number of piperazine rings is 1. The van der Waals surface area contributed by atoms with Crippen molar-refractivity contribution in [3.63, 3.8) is 0 Å². The van der Waals surface area contributed by atoms with Crippen molar-refractivity contribution in [2.24, 2.45) is 0 Å². The maximum atomic E-state index is 12.7. The Hall–Kier alpha value is -2.43. The zero-order valence-corrected chi connectivity index (χ0v) is 19.8. The van der Waals surface area contributed by atoms with E-state index in [0.717, 1.165) is 0 Å². The maximum absolute atomic E-state index is 12.7. The summed E-state index contributed by atoms with van der Waals surface area (Å²) in [4.78, 5) is 22.9. The van der Waals surface area contributed by atoms with Gasteiger partial charge >= 0.3 is 0 Å². The number of carbonyl (C=O) groups is 1. The van der Waals surface area contributed by atoms with Crippen LogP contribution in [0.2, 0.25) is 5.02 Å². The summed E-state index contributed by atoms with van der Waals surface area (Å²) in [5.41, 5.74) is -1.11. The molecule has 0 spiro atoms. The summed E-state index contributed by atoms with van der Waals surface area (Å²) in [6, 6.07) is 8.49. The highest BCUT2D eigenvalue weighted by Crippen LogP contribution is 2.21. The molecule has 3 rings (SSSR count). The predicted molar refractivity (Wildman–Crippen MR) is 123 cm³/mol. The molecule has 174 valence electrons. The number of carbonyl (C=O) groups excluding carboxylic acids is 1. The predicted octanol–water partition coefficient (Wildman–Crippen LogP) is 1.95. The van der Waals surface area contributed by atoms with Crippen LogP contribution in [0.5, 0.6) is 5.75 Å². The third kappa shape index (κ3) is 6.54. The molecular weight excluding hydrogens is 454 g/mol. The largest absolute Gasteiger partial charge is 0.478 e. The average molecular weight is 482 g/mol. The molecule has 2 aromatic rings. The molecule has 11 heteroatoms. The van der Waals surface area contributed by atoms with Crippen LogP contribution in [0.3, 0.4) is 0 Å². The number of amides is 1. The van der Waals surface area contributed by atoms with Gasteiger partial charge in [-0.3, -0.25) is 4.79 Å². The fourth-order valence-electron chi connectivity index (χ4n) is 3.26. The fourth-order valence-corrected chi connectivity index (χ4v) is 4.88. The Kier molecular flexibility index (Phi) is 7.91. The van der Waals surface area contributed by atoms with Crippen molar-refractivity contribution in [1.29, 1.82) is 0 Å². The van der Waals surface area contributed by atoms with Gasteiger partial charge in [0.25, 0.3) is 5.91 Å². The molecule has 1 amide bonds. The van der Waals surface area contributed by atoms with E-state index in [1.165, 1.54) is 4.31 Å². The number of benzene rings is 1. The first-order chi connectivity index (χ1) is 15.2. The molecule has 0 atom stereocenters. The molecular formula is C21H28ClN5O4S. The van der Waals surface area contributed by atoms with Crippen molar-refractivity contribution < 1.29 is 17.9 Å². The van der Waals surface area contributed by atoms with Crippen molar-refractivity contribution >= 4 is 33.5 Å². The number of anilines is 1. The Balaban J connectivity index is 1.41. The van der Waals surface area contributed by atoms with Gasteiger partial charge in [-0.05, 0) is 50.6 Å². The van der Waals surface area contributed by atoms with Crippen molar-refractivity contribution in [1.82, 2.24) is 19.6 Å². The van der Waals surface area contributed by atoms with E-state index in [9.17, 15) is 13.2 Å².